The number of nitrogen functional groups attached to an aromatic ring is 1. The fraction of sp³-hybridized carbons (Fsp3) is 0.143. The smallest absolute Gasteiger partial charge is 0.398 e. The summed E-state index contributed by atoms with van der Waals surface area (Å²) < 4.78 is 36.7. The maximum Gasteiger partial charge on any atom is 0.420 e. The zero-order valence-electron chi connectivity index (χ0n) is 6.30. The zero-order chi connectivity index (χ0) is 10.1. The van der Waals surface area contributed by atoms with Gasteiger partial charge in [-0.05, 0) is 6.07 Å². The summed E-state index contributed by atoms with van der Waals surface area (Å²) in [6, 6.07) is 0.996. The van der Waals surface area contributed by atoms with Crippen LogP contribution in [0, 0.1) is 0 Å². The maximum absolute atomic E-state index is 12.2. The number of hydrogen-bond acceptors (Lipinski definition) is 3. The van der Waals surface area contributed by atoms with Gasteiger partial charge in [-0.25, -0.2) is 0 Å². The Balaban J connectivity index is 3.40. The van der Waals surface area contributed by atoms with Crippen LogP contribution < -0.4 is 5.73 Å². The van der Waals surface area contributed by atoms with Gasteiger partial charge >= 0.3 is 6.18 Å². The molecule has 1 heterocycles. The van der Waals surface area contributed by atoms with E-state index in [1.54, 1.807) is 0 Å². The molecule has 0 spiro atoms. The number of nitrogens with two attached hydrogens (primary N) is 1. The number of anilines is 1. The van der Waals surface area contributed by atoms with Crippen LogP contribution in [0.25, 0.3) is 0 Å². The minimum atomic E-state index is -4.64. The highest BCUT2D eigenvalue weighted by atomic mass is 19.4. The van der Waals surface area contributed by atoms with Gasteiger partial charge in [0.2, 0.25) is 0 Å². The first-order valence-corrected chi connectivity index (χ1v) is 3.23. The van der Waals surface area contributed by atoms with Crippen molar-refractivity contribution in [1.29, 1.82) is 0 Å². The van der Waals surface area contributed by atoms with Crippen molar-refractivity contribution in [1.82, 2.24) is 4.98 Å². The van der Waals surface area contributed by atoms with E-state index in [4.69, 9.17) is 5.73 Å². The van der Waals surface area contributed by atoms with Gasteiger partial charge in [0.15, 0.2) is 6.29 Å². The molecule has 0 aliphatic rings. The van der Waals surface area contributed by atoms with Gasteiger partial charge in [-0.1, -0.05) is 0 Å². The minimum absolute atomic E-state index is 0.0270. The van der Waals surface area contributed by atoms with Crippen LogP contribution in [0.1, 0.15) is 16.1 Å². The van der Waals surface area contributed by atoms with Gasteiger partial charge in [-0.15, -0.1) is 0 Å². The predicted octanol–water partition coefficient (Wildman–Crippen LogP) is 1.50. The molecule has 0 atom stereocenters. The van der Waals surface area contributed by atoms with E-state index in [-0.39, 0.29) is 6.29 Å². The lowest BCUT2D eigenvalue weighted by atomic mass is 10.1. The third-order valence-electron chi connectivity index (χ3n) is 1.41. The number of rotatable bonds is 1. The van der Waals surface area contributed by atoms with Gasteiger partial charge in [0.25, 0.3) is 0 Å². The fourth-order valence-electron chi connectivity index (χ4n) is 0.892. The SMILES string of the molecule is Nc1ccnc(C=O)c1C(F)(F)F. The Morgan fingerprint density at radius 2 is 2.08 bits per heavy atom. The van der Waals surface area contributed by atoms with Gasteiger partial charge in [0, 0.05) is 11.9 Å². The van der Waals surface area contributed by atoms with Crippen LogP contribution in [0.5, 0.6) is 0 Å². The average molecular weight is 190 g/mol. The monoisotopic (exact) mass is 190 g/mol. The van der Waals surface area contributed by atoms with Crippen LogP contribution in [0.2, 0.25) is 0 Å². The van der Waals surface area contributed by atoms with Crippen molar-refractivity contribution < 1.29 is 18.0 Å². The van der Waals surface area contributed by atoms with Gasteiger partial charge in [0.1, 0.15) is 11.3 Å². The van der Waals surface area contributed by atoms with Gasteiger partial charge in [-0.2, -0.15) is 13.2 Å². The molecule has 1 rings (SSSR count). The molecule has 0 aromatic carbocycles. The standard InChI is InChI=1S/C7H5F3N2O/c8-7(9,10)6-4(11)1-2-12-5(6)3-13/h1-3H,(H2,11,12). The van der Waals surface area contributed by atoms with Crippen molar-refractivity contribution in [3.05, 3.63) is 23.5 Å². The van der Waals surface area contributed by atoms with Crippen LogP contribution >= 0.6 is 0 Å². The first-order chi connectivity index (χ1) is 5.96. The van der Waals surface area contributed by atoms with Crippen molar-refractivity contribution >= 4 is 12.0 Å². The molecular weight excluding hydrogens is 185 g/mol. The summed E-state index contributed by atoms with van der Waals surface area (Å²) in [5, 5.41) is 0. The molecule has 0 saturated heterocycles. The van der Waals surface area contributed by atoms with E-state index in [1.165, 1.54) is 0 Å². The molecule has 1 aromatic rings. The highest BCUT2D eigenvalue weighted by Crippen LogP contribution is 2.34. The molecule has 13 heavy (non-hydrogen) atoms. The number of carbonyl (C=O) groups excluding carboxylic acids is 1. The third-order valence-corrected chi connectivity index (χ3v) is 1.41. The minimum Gasteiger partial charge on any atom is -0.398 e. The second-order valence-corrected chi connectivity index (χ2v) is 2.28. The normalized spacial score (nSPS) is 11.3. The molecule has 2 N–H and O–H groups in total. The lowest BCUT2D eigenvalue weighted by Crippen LogP contribution is -2.13. The number of carbonyl (C=O) groups is 1. The van der Waals surface area contributed by atoms with E-state index < -0.39 is 23.1 Å². The number of pyridine rings is 1. The molecule has 3 nitrogen and oxygen atoms in total. The van der Waals surface area contributed by atoms with Gasteiger partial charge in [-0.3, -0.25) is 9.78 Å². The molecule has 0 amide bonds. The Hall–Kier alpha value is -1.59. The summed E-state index contributed by atoms with van der Waals surface area (Å²) in [6.07, 6.45) is -3.57. The third kappa shape index (κ3) is 1.77. The first-order valence-electron chi connectivity index (χ1n) is 3.23. The molecule has 70 valence electrons. The van der Waals surface area contributed by atoms with E-state index in [0.717, 1.165) is 12.3 Å². The van der Waals surface area contributed by atoms with Crippen LogP contribution in [0.4, 0.5) is 18.9 Å². The van der Waals surface area contributed by atoms with Crippen molar-refractivity contribution in [2.45, 2.75) is 6.18 Å². The molecule has 6 heteroatoms. The summed E-state index contributed by atoms with van der Waals surface area (Å²) in [7, 11) is 0. The van der Waals surface area contributed by atoms with Crippen LogP contribution in [0.15, 0.2) is 12.3 Å². The zero-order valence-corrected chi connectivity index (χ0v) is 6.30. The molecule has 0 saturated carbocycles. The molecular formula is C7H5F3N2O. The number of hydrogen-bond donors (Lipinski definition) is 1. The number of aromatic nitrogens is 1. The Labute approximate surface area is 71.4 Å². The number of halogens is 3. The van der Waals surface area contributed by atoms with E-state index in [1.807, 2.05) is 0 Å². The van der Waals surface area contributed by atoms with Crippen molar-refractivity contribution in [3.8, 4) is 0 Å². The molecule has 0 unspecified atom stereocenters. The van der Waals surface area contributed by atoms with E-state index in [9.17, 15) is 18.0 Å². The molecule has 0 radical (unpaired) electrons. The number of alkyl halides is 3. The maximum atomic E-state index is 12.2. The molecule has 1 aromatic heterocycles. The van der Waals surface area contributed by atoms with Crippen molar-refractivity contribution in [2.24, 2.45) is 0 Å². The highest BCUT2D eigenvalue weighted by molar-refractivity contribution is 5.77. The highest BCUT2D eigenvalue weighted by Gasteiger charge is 2.36. The summed E-state index contributed by atoms with van der Waals surface area (Å²) in [5.74, 6) is 0. The van der Waals surface area contributed by atoms with Crippen molar-refractivity contribution in [3.63, 3.8) is 0 Å². The van der Waals surface area contributed by atoms with E-state index >= 15 is 0 Å². The van der Waals surface area contributed by atoms with Crippen LogP contribution in [-0.2, 0) is 6.18 Å². The Morgan fingerprint density at radius 1 is 1.46 bits per heavy atom. The summed E-state index contributed by atoms with van der Waals surface area (Å²) >= 11 is 0. The van der Waals surface area contributed by atoms with E-state index in [2.05, 4.69) is 4.98 Å². The predicted molar refractivity (Wildman–Crippen MR) is 39.0 cm³/mol. The Kier molecular flexibility index (Phi) is 2.22. The topological polar surface area (TPSA) is 56.0 Å². The Morgan fingerprint density at radius 3 is 2.46 bits per heavy atom. The number of nitrogens with zero attached hydrogens (tertiary/aromatic N) is 1. The Bertz CT molecular complexity index is 335. The lowest BCUT2D eigenvalue weighted by Gasteiger charge is -2.10. The average Bonchev–Trinajstić information content (AvgIpc) is 2.01. The quantitative estimate of drug-likeness (QED) is 0.682. The second-order valence-electron chi connectivity index (χ2n) is 2.28. The van der Waals surface area contributed by atoms with E-state index in [0.29, 0.717) is 0 Å². The molecule has 0 fully saturated rings. The lowest BCUT2D eigenvalue weighted by molar-refractivity contribution is -0.137. The largest absolute Gasteiger partial charge is 0.420 e. The van der Waals surface area contributed by atoms with Gasteiger partial charge in [0.05, 0.1) is 0 Å². The number of aldehydes is 1. The van der Waals surface area contributed by atoms with Crippen LogP contribution in [0.3, 0.4) is 0 Å². The summed E-state index contributed by atoms with van der Waals surface area (Å²) in [5.41, 5.74) is 2.71. The molecule has 0 bridgehead atoms. The van der Waals surface area contributed by atoms with Gasteiger partial charge < -0.3 is 5.73 Å². The first kappa shape index (κ1) is 9.50. The summed E-state index contributed by atoms with van der Waals surface area (Å²) in [4.78, 5) is 13.5. The fourth-order valence-corrected chi connectivity index (χ4v) is 0.892. The van der Waals surface area contributed by atoms with Crippen molar-refractivity contribution in [2.75, 3.05) is 5.73 Å². The summed E-state index contributed by atoms with van der Waals surface area (Å²) in [6.45, 7) is 0. The molecule has 0 aliphatic heterocycles. The second kappa shape index (κ2) is 3.04. The molecule has 0 aliphatic carbocycles. The van der Waals surface area contributed by atoms with Crippen LogP contribution in [-0.4, -0.2) is 11.3 Å².